The molecule has 27 nitrogen and oxygen atoms in total. The minimum atomic E-state index is -2.58. The molecule has 68 heavy (non-hydrogen) atoms. The van der Waals surface area contributed by atoms with E-state index in [0.29, 0.717) is 30.3 Å². The van der Waals surface area contributed by atoms with E-state index in [1.807, 2.05) is 0 Å². The standard InChI is InChI=1S/C41H30O27/c42-13-1-8(2-14(43)24(13)49)35(56)68-41-34-33-31(64-39(60)12(6-19(47)48)22-23-11(38(59)67-34)5-17(46)27(52)32(23)65-40(61)30(22)55)18(63-41)7-62-36(57)9-3-15(44)25(50)28(53)20(9)21-10(37(58)66-33)4-16(45)26(51)29(21)54/h1-5,12,18,22,30-31,33-34,41-46,49-55H,6-7H2,(H,47,48)/t12-,18+,22+,30-,31+,33-,34+,41-/m0/s1. The molecule has 0 aliphatic carbocycles. The lowest BCUT2D eigenvalue weighted by Gasteiger charge is -2.44. The van der Waals surface area contributed by atoms with Crippen LogP contribution in [0.1, 0.15) is 59.3 Å². The van der Waals surface area contributed by atoms with Crippen molar-refractivity contribution in [2.75, 3.05) is 6.61 Å². The van der Waals surface area contributed by atoms with Crippen molar-refractivity contribution in [1.29, 1.82) is 0 Å². The van der Waals surface area contributed by atoms with E-state index in [9.17, 15) is 99.9 Å². The first kappa shape index (κ1) is 45.5. The summed E-state index contributed by atoms with van der Waals surface area (Å²) in [5.41, 5.74) is -7.08. The molecule has 8 rings (SSSR count). The van der Waals surface area contributed by atoms with Gasteiger partial charge in [0.05, 0.1) is 34.6 Å². The van der Waals surface area contributed by atoms with E-state index in [1.165, 1.54) is 0 Å². The Morgan fingerprint density at radius 2 is 1.10 bits per heavy atom. The van der Waals surface area contributed by atoms with Crippen LogP contribution in [0.5, 0.6) is 69.0 Å². The molecule has 0 unspecified atom stereocenters. The number of aromatic hydroxyl groups is 11. The lowest BCUT2D eigenvalue weighted by molar-refractivity contribution is -0.287. The van der Waals surface area contributed by atoms with Crippen LogP contribution in [0, 0.1) is 5.92 Å². The fourth-order valence-electron chi connectivity index (χ4n) is 8.04. The zero-order valence-electron chi connectivity index (χ0n) is 33.4. The number of rotatable bonds is 4. The summed E-state index contributed by atoms with van der Waals surface area (Å²) < 4.78 is 38.8. The lowest BCUT2D eigenvalue weighted by Crippen LogP contribution is -2.63. The number of carboxylic acids is 1. The van der Waals surface area contributed by atoms with Crippen LogP contribution >= 0.6 is 0 Å². The van der Waals surface area contributed by atoms with Gasteiger partial charge in [0.2, 0.25) is 29.6 Å². The molecule has 0 radical (unpaired) electrons. The number of cyclic esters (lactones) is 1. The maximum atomic E-state index is 14.6. The van der Waals surface area contributed by atoms with Crippen LogP contribution in [-0.4, -0.2) is 152 Å². The predicted octanol–water partition coefficient (Wildman–Crippen LogP) is -0.00170. The van der Waals surface area contributed by atoms with Crippen molar-refractivity contribution < 1.29 is 133 Å². The van der Waals surface area contributed by atoms with Gasteiger partial charge in [-0.3, -0.25) is 9.59 Å². The zero-order chi connectivity index (χ0) is 49.5. The second-order valence-electron chi connectivity index (χ2n) is 15.2. The highest BCUT2D eigenvalue weighted by Gasteiger charge is 2.58. The Kier molecular flexibility index (Phi) is 11.0. The van der Waals surface area contributed by atoms with Crippen molar-refractivity contribution >= 4 is 41.8 Å². The number of aliphatic hydroxyl groups excluding tert-OH is 1. The molecule has 4 aliphatic rings. The fraction of sp³-hybridized carbons (Fsp3) is 0.244. The average Bonchev–Trinajstić information content (AvgIpc) is 3.28. The van der Waals surface area contributed by atoms with Gasteiger partial charge in [-0.1, -0.05) is 0 Å². The number of esters is 6. The van der Waals surface area contributed by atoms with E-state index >= 15 is 0 Å². The van der Waals surface area contributed by atoms with Crippen LogP contribution in [0.15, 0.2) is 30.3 Å². The summed E-state index contributed by atoms with van der Waals surface area (Å²) in [6.45, 7) is -1.31. The van der Waals surface area contributed by atoms with E-state index < -0.39 is 211 Å². The maximum Gasteiger partial charge on any atom is 0.341 e. The maximum absolute atomic E-state index is 14.6. The Hall–Kier alpha value is -9.11. The molecule has 4 heterocycles. The molecule has 0 amide bonds. The molecule has 27 heteroatoms. The van der Waals surface area contributed by atoms with Crippen LogP contribution in [-0.2, 0) is 42.8 Å². The third kappa shape index (κ3) is 7.31. The molecule has 1 fully saturated rings. The summed E-state index contributed by atoms with van der Waals surface area (Å²) in [6, 6.07) is 2.36. The van der Waals surface area contributed by atoms with E-state index in [1.54, 1.807) is 0 Å². The molecule has 4 aromatic rings. The van der Waals surface area contributed by atoms with E-state index in [-0.39, 0.29) is 0 Å². The number of ether oxygens (including phenoxy) is 7. The Morgan fingerprint density at radius 1 is 0.588 bits per heavy atom. The van der Waals surface area contributed by atoms with Gasteiger partial charge in [0.15, 0.2) is 70.1 Å². The van der Waals surface area contributed by atoms with Gasteiger partial charge in [-0.05, 0) is 30.3 Å². The van der Waals surface area contributed by atoms with Crippen LogP contribution in [0.2, 0.25) is 0 Å². The number of hydrogen-bond donors (Lipinski definition) is 13. The molecule has 356 valence electrons. The number of fused-ring (bicyclic) bond motifs is 3. The highest BCUT2D eigenvalue weighted by Crippen LogP contribution is 2.54. The van der Waals surface area contributed by atoms with Gasteiger partial charge in [0.25, 0.3) is 0 Å². The molecule has 4 aromatic carbocycles. The van der Waals surface area contributed by atoms with Gasteiger partial charge >= 0.3 is 41.8 Å². The first-order chi connectivity index (χ1) is 32.0. The summed E-state index contributed by atoms with van der Waals surface area (Å²) in [4.78, 5) is 96.8. The quantitative estimate of drug-likeness (QED) is 0.0554. The van der Waals surface area contributed by atoms with Crippen LogP contribution in [0.4, 0.5) is 0 Å². The van der Waals surface area contributed by atoms with E-state index in [4.69, 9.17) is 33.2 Å². The van der Waals surface area contributed by atoms with Crippen molar-refractivity contribution in [3.05, 3.63) is 58.1 Å². The lowest BCUT2D eigenvalue weighted by atomic mass is 9.76. The van der Waals surface area contributed by atoms with Gasteiger partial charge in [0, 0.05) is 22.6 Å². The largest absolute Gasteiger partial charge is 0.504 e. The molecular formula is C41H30O27. The first-order valence-electron chi connectivity index (χ1n) is 19.2. The van der Waals surface area contributed by atoms with Crippen LogP contribution < -0.4 is 4.74 Å². The molecular weight excluding hydrogens is 924 g/mol. The Bertz CT molecular complexity index is 2900. The molecule has 0 spiro atoms. The summed E-state index contributed by atoms with van der Waals surface area (Å²) in [6.07, 6.45) is -16.3. The predicted molar refractivity (Wildman–Crippen MR) is 206 cm³/mol. The average molecular weight is 955 g/mol. The number of aliphatic carboxylic acids is 1. The molecule has 8 atom stereocenters. The fourth-order valence-corrected chi connectivity index (χ4v) is 8.04. The summed E-state index contributed by atoms with van der Waals surface area (Å²) >= 11 is 0. The van der Waals surface area contributed by atoms with Crippen LogP contribution in [0.25, 0.3) is 11.1 Å². The van der Waals surface area contributed by atoms with Gasteiger partial charge in [0.1, 0.15) is 12.7 Å². The van der Waals surface area contributed by atoms with Crippen molar-refractivity contribution in [3.63, 3.8) is 0 Å². The number of carbonyl (C=O) groups is 7. The molecule has 4 aliphatic heterocycles. The zero-order valence-corrected chi connectivity index (χ0v) is 33.4. The van der Waals surface area contributed by atoms with Crippen molar-refractivity contribution in [1.82, 2.24) is 0 Å². The van der Waals surface area contributed by atoms with Crippen LogP contribution in [0.3, 0.4) is 0 Å². The smallest absolute Gasteiger partial charge is 0.341 e. The molecule has 4 bridgehead atoms. The third-order valence-corrected chi connectivity index (χ3v) is 11.2. The number of benzene rings is 4. The number of hydrogen-bond acceptors (Lipinski definition) is 26. The van der Waals surface area contributed by atoms with Crippen molar-refractivity contribution in [2.24, 2.45) is 5.92 Å². The monoisotopic (exact) mass is 954 g/mol. The Labute approximate surface area is 374 Å². The Balaban J connectivity index is 1.39. The number of carbonyl (C=O) groups excluding carboxylic acids is 6. The topological polar surface area (TPSA) is 447 Å². The molecule has 13 N–H and O–H groups in total. The number of phenols is 11. The Morgan fingerprint density at radius 3 is 1.69 bits per heavy atom. The minimum Gasteiger partial charge on any atom is -0.504 e. The minimum absolute atomic E-state index is 0.361. The van der Waals surface area contributed by atoms with Crippen molar-refractivity contribution in [3.8, 4) is 80.1 Å². The summed E-state index contributed by atoms with van der Waals surface area (Å²) in [7, 11) is 0. The number of phenolic OH excluding ortho intramolecular Hbond substituents is 11. The SMILES string of the molecule is O=C(O)C[C@@H]1C(=O)O[C@H]2[C@@H]3OC(=O)c4cc(O)c(O)c(O)c4-c4c(cc(O)c(O)c4O)C(=O)OC[C@H]2O[C@@H](OC(=O)c2cc(O)c(O)c(O)c2)[C@@H]3OC(=O)c2cc(O)c(O)c3c2[C@@H]1[C@H](O)C(=O)O3. The van der Waals surface area contributed by atoms with Gasteiger partial charge in [-0.2, -0.15) is 0 Å². The normalized spacial score (nSPS) is 24.3. The molecule has 0 aromatic heterocycles. The summed E-state index contributed by atoms with van der Waals surface area (Å²) in [5.74, 6) is -32.0. The molecule has 0 saturated carbocycles. The molecule has 1 saturated heterocycles. The highest BCUT2D eigenvalue weighted by atomic mass is 16.7. The first-order valence-corrected chi connectivity index (χ1v) is 19.2. The second-order valence-corrected chi connectivity index (χ2v) is 15.2. The van der Waals surface area contributed by atoms with Gasteiger partial charge < -0.3 is 99.5 Å². The van der Waals surface area contributed by atoms with E-state index in [0.717, 1.165) is 0 Å². The number of aliphatic hydroxyl groups is 1. The van der Waals surface area contributed by atoms with E-state index in [2.05, 4.69) is 0 Å². The second kappa shape index (κ2) is 16.4. The van der Waals surface area contributed by atoms with Gasteiger partial charge in [-0.15, -0.1) is 0 Å². The van der Waals surface area contributed by atoms with Gasteiger partial charge in [-0.25, -0.2) is 24.0 Å². The summed E-state index contributed by atoms with van der Waals surface area (Å²) in [5, 5.41) is 137. The number of carboxylic acid groups (broad SMARTS) is 1. The highest BCUT2D eigenvalue weighted by molar-refractivity contribution is 6.08. The van der Waals surface area contributed by atoms with Crippen molar-refractivity contribution in [2.45, 2.75) is 49.1 Å². The third-order valence-electron chi connectivity index (χ3n) is 11.2.